The summed E-state index contributed by atoms with van der Waals surface area (Å²) in [7, 11) is -4.72. The van der Waals surface area contributed by atoms with Crippen molar-refractivity contribution < 1.29 is 47.5 Å². The summed E-state index contributed by atoms with van der Waals surface area (Å²) in [6, 6.07) is -1.52. The summed E-state index contributed by atoms with van der Waals surface area (Å²) in [5.41, 5.74) is 5.33. The number of rotatable bonds is 40. The Kier molecular flexibility index (Phi) is 36.4. The van der Waals surface area contributed by atoms with Gasteiger partial charge in [0.25, 0.3) is 0 Å². The number of carboxylic acids is 1. The van der Waals surface area contributed by atoms with Crippen LogP contribution in [0.25, 0.3) is 0 Å². The van der Waals surface area contributed by atoms with Crippen LogP contribution in [0.4, 0.5) is 0 Å². The lowest BCUT2D eigenvalue weighted by Gasteiger charge is -2.20. The zero-order valence-corrected chi connectivity index (χ0v) is 35.0. The lowest BCUT2D eigenvalue weighted by molar-refractivity contribution is -0.161. The summed E-state index contributed by atoms with van der Waals surface area (Å²) >= 11 is 0. The normalized spacial score (nSPS) is 14.0. The summed E-state index contributed by atoms with van der Waals surface area (Å²) in [6.07, 6.45) is 38.1. The van der Waals surface area contributed by atoms with Gasteiger partial charge in [-0.05, 0) is 57.8 Å². The van der Waals surface area contributed by atoms with E-state index in [4.69, 9.17) is 24.8 Å². The molecule has 0 spiro atoms. The average molecular weight is 788 g/mol. The van der Waals surface area contributed by atoms with Crippen molar-refractivity contribution in [3.05, 3.63) is 24.3 Å². The van der Waals surface area contributed by atoms with Crippen molar-refractivity contribution >= 4 is 25.7 Å². The predicted octanol–water partition coefficient (Wildman–Crippen LogP) is 11.1. The Morgan fingerprint density at radius 1 is 0.556 bits per heavy atom. The van der Waals surface area contributed by atoms with Crippen LogP contribution >= 0.6 is 7.82 Å². The highest BCUT2D eigenvalue weighted by atomic mass is 31.2. The quantitative estimate of drug-likeness (QED) is 0.0233. The van der Waals surface area contributed by atoms with Crippen LogP contribution in [0.3, 0.4) is 0 Å². The van der Waals surface area contributed by atoms with Gasteiger partial charge in [-0.2, -0.15) is 0 Å². The minimum absolute atomic E-state index is 0.156. The fraction of sp³-hybridized carbons (Fsp3) is 0.833. The maximum Gasteiger partial charge on any atom is 0.472 e. The van der Waals surface area contributed by atoms with Crippen molar-refractivity contribution in [1.82, 2.24) is 0 Å². The molecule has 0 saturated heterocycles. The van der Waals surface area contributed by atoms with E-state index in [0.717, 1.165) is 38.5 Å². The maximum absolute atomic E-state index is 12.6. The van der Waals surface area contributed by atoms with Gasteiger partial charge in [0.2, 0.25) is 0 Å². The molecule has 11 nitrogen and oxygen atoms in total. The summed E-state index contributed by atoms with van der Waals surface area (Å²) < 4.78 is 32.6. The molecule has 4 N–H and O–H groups in total. The number of allylic oxidation sites excluding steroid dienone is 4. The molecule has 0 amide bonds. The molecule has 0 aromatic rings. The molecule has 54 heavy (non-hydrogen) atoms. The highest BCUT2D eigenvalue weighted by Crippen LogP contribution is 2.43. The molecule has 0 aromatic carbocycles. The van der Waals surface area contributed by atoms with Gasteiger partial charge in [0.15, 0.2) is 6.10 Å². The number of carbonyl (C=O) groups is 3. The van der Waals surface area contributed by atoms with E-state index >= 15 is 0 Å². The third-order valence-electron chi connectivity index (χ3n) is 9.17. The van der Waals surface area contributed by atoms with Gasteiger partial charge in [0, 0.05) is 12.8 Å². The molecule has 0 heterocycles. The number of carbonyl (C=O) groups excluding carboxylic acids is 2. The van der Waals surface area contributed by atoms with Crippen molar-refractivity contribution in [1.29, 1.82) is 0 Å². The lowest BCUT2D eigenvalue weighted by atomic mass is 10.1. The Labute approximate surface area is 328 Å². The number of esters is 2. The van der Waals surface area contributed by atoms with E-state index in [2.05, 4.69) is 42.7 Å². The van der Waals surface area contributed by atoms with Crippen LogP contribution in [0.2, 0.25) is 0 Å². The van der Waals surface area contributed by atoms with Crippen molar-refractivity contribution in [2.24, 2.45) is 5.73 Å². The molecule has 0 aliphatic heterocycles. The SMILES string of the molecule is CCCC/C=C/CCCCCCCCCCCC(=O)O[C@H](COC(=O)CCCC/C=C/CCCCCCCCCCC)COP(=O)(O)OC[C@H](N)C(=O)O. The number of phosphoric acid groups is 1. The molecule has 0 radical (unpaired) electrons. The number of hydrogen-bond acceptors (Lipinski definition) is 9. The standard InChI is InChI=1S/C42H78NO10P/c1-3-5-7-9-11-13-15-17-19-21-23-25-27-29-31-33-40(44)50-35-38(36-51-54(48,49)52-37-39(43)42(46)47)53-41(45)34-32-30-28-26-24-22-20-18-16-14-12-10-8-6-4-2/h10,12,23,25,38-39H,3-9,11,13-22,24,26-37,43H2,1-2H3,(H,46,47)(H,48,49)/b12-10+,25-23+/t38-,39+/m1/s1. The molecule has 3 atom stereocenters. The molecular weight excluding hydrogens is 709 g/mol. The lowest BCUT2D eigenvalue weighted by Crippen LogP contribution is -2.34. The fourth-order valence-electron chi connectivity index (χ4n) is 5.75. The smallest absolute Gasteiger partial charge is 0.472 e. The molecular formula is C42H78NO10P. The average Bonchev–Trinajstić information content (AvgIpc) is 3.14. The Bertz CT molecular complexity index is 1020. The van der Waals surface area contributed by atoms with E-state index < -0.39 is 51.1 Å². The Morgan fingerprint density at radius 3 is 1.44 bits per heavy atom. The van der Waals surface area contributed by atoms with E-state index in [1.807, 2.05) is 0 Å². The number of unbranched alkanes of at least 4 members (excludes halogenated alkanes) is 22. The van der Waals surface area contributed by atoms with Gasteiger partial charge in [-0.25, -0.2) is 4.57 Å². The van der Waals surface area contributed by atoms with Crippen LogP contribution in [-0.2, 0) is 37.5 Å². The van der Waals surface area contributed by atoms with E-state index in [9.17, 15) is 23.8 Å². The number of carboxylic acid groups (broad SMARTS) is 1. The highest BCUT2D eigenvalue weighted by molar-refractivity contribution is 7.47. The number of nitrogens with two attached hydrogens (primary N) is 1. The van der Waals surface area contributed by atoms with Crippen LogP contribution < -0.4 is 5.73 Å². The Hall–Kier alpha value is -2.04. The largest absolute Gasteiger partial charge is 0.480 e. The second-order valence-corrected chi connectivity index (χ2v) is 15.9. The number of phosphoric ester groups is 1. The van der Waals surface area contributed by atoms with Gasteiger partial charge in [0.1, 0.15) is 12.6 Å². The van der Waals surface area contributed by atoms with E-state index in [1.165, 1.54) is 116 Å². The van der Waals surface area contributed by atoms with Crippen LogP contribution in [0.1, 0.15) is 194 Å². The van der Waals surface area contributed by atoms with Gasteiger partial charge in [-0.3, -0.25) is 23.4 Å². The van der Waals surface area contributed by atoms with Gasteiger partial charge >= 0.3 is 25.7 Å². The number of ether oxygens (including phenoxy) is 2. The van der Waals surface area contributed by atoms with Crippen molar-refractivity contribution in [3.63, 3.8) is 0 Å². The van der Waals surface area contributed by atoms with Crippen molar-refractivity contribution in [3.8, 4) is 0 Å². The van der Waals surface area contributed by atoms with Crippen LogP contribution in [0, 0.1) is 0 Å². The minimum atomic E-state index is -4.72. The molecule has 0 fully saturated rings. The zero-order valence-electron chi connectivity index (χ0n) is 34.1. The maximum atomic E-state index is 12.6. The van der Waals surface area contributed by atoms with Crippen LogP contribution in [-0.4, -0.2) is 59.9 Å². The van der Waals surface area contributed by atoms with Gasteiger partial charge < -0.3 is 25.2 Å². The van der Waals surface area contributed by atoms with Crippen LogP contribution in [0.5, 0.6) is 0 Å². The number of aliphatic carboxylic acids is 1. The second-order valence-electron chi connectivity index (χ2n) is 14.5. The molecule has 0 aliphatic rings. The first-order valence-electron chi connectivity index (χ1n) is 21.4. The molecule has 0 aromatic heterocycles. The molecule has 0 saturated carbocycles. The number of hydrogen-bond donors (Lipinski definition) is 3. The third-order valence-corrected chi connectivity index (χ3v) is 10.1. The van der Waals surface area contributed by atoms with Crippen molar-refractivity contribution in [2.75, 3.05) is 19.8 Å². The molecule has 316 valence electrons. The first-order chi connectivity index (χ1) is 26.1. The molecule has 0 aliphatic carbocycles. The topological polar surface area (TPSA) is 172 Å². The Morgan fingerprint density at radius 2 is 0.944 bits per heavy atom. The fourth-order valence-corrected chi connectivity index (χ4v) is 6.52. The van der Waals surface area contributed by atoms with Gasteiger partial charge in [0.05, 0.1) is 13.2 Å². The first-order valence-corrected chi connectivity index (χ1v) is 22.9. The van der Waals surface area contributed by atoms with E-state index in [0.29, 0.717) is 12.8 Å². The van der Waals surface area contributed by atoms with Gasteiger partial charge in [-0.1, -0.05) is 147 Å². The highest BCUT2D eigenvalue weighted by Gasteiger charge is 2.28. The molecule has 1 unspecified atom stereocenters. The summed E-state index contributed by atoms with van der Waals surface area (Å²) in [5, 5.41) is 8.88. The Balaban J connectivity index is 4.39. The van der Waals surface area contributed by atoms with Crippen LogP contribution in [0.15, 0.2) is 24.3 Å². The van der Waals surface area contributed by atoms with E-state index in [-0.39, 0.29) is 19.4 Å². The van der Waals surface area contributed by atoms with E-state index in [1.54, 1.807) is 0 Å². The minimum Gasteiger partial charge on any atom is -0.480 e. The zero-order chi connectivity index (χ0) is 40.0. The molecule has 0 rings (SSSR count). The first kappa shape index (κ1) is 52.0. The second kappa shape index (κ2) is 37.9. The van der Waals surface area contributed by atoms with Gasteiger partial charge in [-0.15, -0.1) is 0 Å². The molecule has 12 heteroatoms. The van der Waals surface area contributed by atoms with Crippen molar-refractivity contribution in [2.45, 2.75) is 206 Å². The molecule has 0 bridgehead atoms. The monoisotopic (exact) mass is 788 g/mol. The summed E-state index contributed by atoms with van der Waals surface area (Å²) in [6.45, 7) is 2.75. The third kappa shape index (κ3) is 36.9. The predicted molar refractivity (Wildman–Crippen MR) is 217 cm³/mol. The summed E-state index contributed by atoms with van der Waals surface area (Å²) in [4.78, 5) is 45.9. The summed E-state index contributed by atoms with van der Waals surface area (Å²) in [5.74, 6) is -2.40.